The van der Waals surface area contributed by atoms with Gasteiger partial charge in [0, 0.05) is 23.6 Å². The first kappa shape index (κ1) is 14.5. The number of rotatable bonds is 5. The molecule has 6 heteroatoms. The average molecular weight is 315 g/mol. The molecule has 0 aliphatic heterocycles. The molecule has 0 spiro atoms. The van der Waals surface area contributed by atoms with Crippen molar-refractivity contribution in [3.63, 3.8) is 0 Å². The Hall–Kier alpha value is -1.56. The lowest BCUT2D eigenvalue weighted by Gasteiger charge is -2.16. The number of aliphatic carboxylic acids is 1. The zero-order valence-corrected chi connectivity index (χ0v) is 11.7. The molecule has 3 N–H and O–H groups in total. The van der Waals surface area contributed by atoms with Crippen LogP contribution in [0, 0.1) is 6.92 Å². The summed E-state index contributed by atoms with van der Waals surface area (Å²) in [5, 5.41) is 14.3. The SMILES string of the molecule is CC(=O)NC(CNc1cccc(Br)c1C)C(=O)O. The largest absolute Gasteiger partial charge is 0.480 e. The van der Waals surface area contributed by atoms with Gasteiger partial charge in [-0.3, -0.25) is 4.79 Å². The van der Waals surface area contributed by atoms with E-state index < -0.39 is 12.0 Å². The van der Waals surface area contributed by atoms with E-state index in [0.717, 1.165) is 15.7 Å². The maximum atomic E-state index is 10.9. The molecule has 0 saturated carbocycles. The van der Waals surface area contributed by atoms with Crippen LogP contribution in [0.3, 0.4) is 0 Å². The number of halogens is 1. The Morgan fingerprint density at radius 2 is 2.11 bits per heavy atom. The van der Waals surface area contributed by atoms with Crippen molar-refractivity contribution < 1.29 is 14.7 Å². The van der Waals surface area contributed by atoms with Gasteiger partial charge in [-0.2, -0.15) is 0 Å². The first-order chi connectivity index (χ1) is 8.41. The molecule has 98 valence electrons. The van der Waals surface area contributed by atoms with Gasteiger partial charge >= 0.3 is 5.97 Å². The highest BCUT2D eigenvalue weighted by Gasteiger charge is 2.18. The summed E-state index contributed by atoms with van der Waals surface area (Å²) in [6.45, 7) is 3.34. The van der Waals surface area contributed by atoms with Crippen molar-refractivity contribution in [3.8, 4) is 0 Å². The molecule has 1 amide bonds. The van der Waals surface area contributed by atoms with Crippen LogP contribution in [0.25, 0.3) is 0 Å². The van der Waals surface area contributed by atoms with E-state index in [0.29, 0.717) is 0 Å². The molecule has 0 aliphatic rings. The maximum absolute atomic E-state index is 10.9. The van der Waals surface area contributed by atoms with Crippen LogP contribution in [0.4, 0.5) is 5.69 Å². The molecule has 1 atom stereocenters. The summed E-state index contributed by atoms with van der Waals surface area (Å²) in [6, 6.07) is 4.67. The number of anilines is 1. The molecule has 0 heterocycles. The Kier molecular flexibility index (Phi) is 5.15. The summed E-state index contributed by atoms with van der Waals surface area (Å²) in [5.74, 6) is -1.43. The van der Waals surface area contributed by atoms with Crippen LogP contribution in [-0.4, -0.2) is 29.6 Å². The molecular formula is C12H15BrN2O3. The van der Waals surface area contributed by atoms with E-state index in [2.05, 4.69) is 26.6 Å². The summed E-state index contributed by atoms with van der Waals surface area (Å²) in [7, 11) is 0. The Morgan fingerprint density at radius 3 is 2.67 bits per heavy atom. The Morgan fingerprint density at radius 1 is 1.44 bits per heavy atom. The number of benzene rings is 1. The normalized spacial score (nSPS) is 11.7. The standard InChI is InChI=1S/C12H15BrN2O3/c1-7-9(13)4-3-5-10(7)14-6-11(12(17)18)15-8(2)16/h3-5,11,14H,6H2,1-2H3,(H,15,16)(H,17,18). The number of nitrogens with one attached hydrogen (secondary N) is 2. The Balaban J connectivity index is 2.70. The first-order valence-corrected chi connectivity index (χ1v) is 6.20. The fraction of sp³-hybridized carbons (Fsp3) is 0.333. The van der Waals surface area contributed by atoms with E-state index >= 15 is 0 Å². The third-order valence-electron chi connectivity index (χ3n) is 2.44. The third-order valence-corrected chi connectivity index (χ3v) is 3.30. The van der Waals surface area contributed by atoms with E-state index in [1.807, 2.05) is 25.1 Å². The van der Waals surface area contributed by atoms with Crippen molar-refractivity contribution in [1.29, 1.82) is 0 Å². The molecular weight excluding hydrogens is 300 g/mol. The molecule has 0 aliphatic carbocycles. The predicted molar refractivity (Wildman–Crippen MR) is 72.6 cm³/mol. The van der Waals surface area contributed by atoms with Crippen molar-refractivity contribution in [1.82, 2.24) is 5.32 Å². The number of amides is 1. The van der Waals surface area contributed by atoms with Crippen molar-refractivity contribution in [2.75, 3.05) is 11.9 Å². The van der Waals surface area contributed by atoms with Crippen LogP contribution >= 0.6 is 15.9 Å². The second kappa shape index (κ2) is 6.39. The van der Waals surface area contributed by atoms with Gasteiger partial charge in [0.25, 0.3) is 0 Å². The minimum Gasteiger partial charge on any atom is -0.480 e. The number of carboxylic acids is 1. The Bertz CT molecular complexity index is 463. The molecule has 0 bridgehead atoms. The van der Waals surface area contributed by atoms with Gasteiger partial charge in [-0.15, -0.1) is 0 Å². The van der Waals surface area contributed by atoms with Crippen molar-refractivity contribution >= 4 is 33.5 Å². The zero-order chi connectivity index (χ0) is 13.7. The molecule has 18 heavy (non-hydrogen) atoms. The van der Waals surface area contributed by atoms with Gasteiger partial charge in [-0.1, -0.05) is 22.0 Å². The highest BCUT2D eigenvalue weighted by molar-refractivity contribution is 9.10. The molecule has 0 fully saturated rings. The van der Waals surface area contributed by atoms with Gasteiger partial charge < -0.3 is 15.7 Å². The first-order valence-electron chi connectivity index (χ1n) is 5.40. The number of carbonyl (C=O) groups excluding carboxylic acids is 1. The zero-order valence-electron chi connectivity index (χ0n) is 10.2. The monoisotopic (exact) mass is 314 g/mol. The van der Waals surface area contributed by atoms with Crippen LogP contribution in [0.1, 0.15) is 12.5 Å². The minimum atomic E-state index is -1.06. The van der Waals surface area contributed by atoms with Crippen molar-refractivity contribution in [2.24, 2.45) is 0 Å². The van der Waals surface area contributed by atoms with Gasteiger partial charge in [0.2, 0.25) is 5.91 Å². The fourth-order valence-electron chi connectivity index (χ4n) is 1.46. The van der Waals surface area contributed by atoms with Crippen LogP contribution < -0.4 is 10.6 Å². The highest BCUT2D eigenvalue weighted by Crippen LogP contribution is 2.23. The van der Waals surface area contributed by atoms with Gasteiger partial charge in [0.1, 0.15) is 6.04 Å². The molecule has 1 unspecified atom stereocenters. The lowest BCUT2D eigenvalue weighted by atomic mass is 10.2. The summed E-state index contributed by atoms with van der Waals surface area (Å²) < 4.78 is 0.943. The van der Waals surface area contributed by atoms with Crippen LogP contribution in [0.5, 0.6) is 0 Å². The quantitative estimate of drug-likeness (QED) is 0.774. The van der Waals surface area contributed by atoms with E-state index in [9.17, 15) is 9.59 Å². The summed E-state index contributed by atoms with van der Waals surface area (Å²) in [4.78, 5) is 21.8. The lowest BCUT2D eigenvalue weighted by molar-refractivity contribution is -0.141. The van der Waals surface area contributed by atoms with Crippen molar-refractivity contribution in [3.05, 3.63) is 28.2 Å². The molecule has 1 aromatic rings. The maximum Gasteiger partial charge on any atom is 0.328 e. The number of carboxylic acid groups (broad SMARTS) is 1. The topological polar surface area (TPSA) is 78.4 Å². The minimum absolute atomic E-state index is 0.131. The molecule has 0 aromatic heterocycles. The van der Waals surface area contributed by atoms with Crippen molar-refractivity contribution in [2.45, 2.75) is 19.9 Å². The van der Waals surface area contributed by atoms with E-state index in [1.54, 1.807) is 0 Å². The number of hydrogen-bond acceptors (Lipinski definition) is 3. The lowest BCUT2D eigenvalue weighted by Crippen LogP contribution is -2.44. The second-order valence-corrected chi connectivity index (χ2v) is 4.74. The fourth-order valence-corrected chi connectivity index (χ4v) is 1.82. The van der Waals surface area contributed by atoms with E-state index in [1.165, 1.54) is 6.92 Å². The van der Waals surface area contributed by atoms with Gasteiger partial charge in [0.15, 0.2) is 0 Å². The van der Waals surface area contributed by atoms with Gasteiger partial charge in [-0.05, 0) is 24.6 Å². The molecule has 0 radical (unpaired) electrons. The number of hydrogen-bond donors (Lipinski definition) is 3. The number of carbonyl (C=O) groups is 2. The van der Waals surface area contributed by atoms with E-state index in [-0.39, 0.29) is 12.5 Å². The second-order valence-electron chi connectivity index (χ2n) is 3.88. The molecule has 1 aromatic carbocycles. The van der Waals surface area contributed by atoms with Gasteiger partial charge in [-0.25, -0.2) is 4.79 Å². The molecule has 0 saturated heterocycles. The summed E-state index contributed by atoms with van der Waals surface area (Å²) in [6.07, 6.45) is 0. The van der Waals surface area contributed by atoms with E-state index in [4.69, 9.17) is 5.11 Å². The Labute approximate surface area is 114 Å². The third kappa shape index (κ3) is 4.03. The van der Waals surface area contributed by atoms with Crippen LogP contribution in [-0.2, 0) is 9.59 Å². The van der Waals surface area contributed by atoms with Gasteiger partial charge in [0.05, 0.1) is 0 Å². The molecule has 1 rings (SSSR count). The summed E-state index contributed by atoms with van der Waals surface area (Å²) >= 11 is 3.40. The van der Waals surface area contributed by atoms with Crippen LogP contribution in [0.15, 0.2) is 22.7 Å². The highest BCUT2D eigenvalue weighted by atomic mass is 79.9. The smallest absolute Gasteiger partial charge is 0.328 e. The van der Waals surface area contributed by atoms with Crippen LogP contribution in [0.2, 0.25) is 0 Å². The average Bonchev–Trinajstić information content (AvgIpc) is 2.28. The summed E-state index contributed by atoms with van der Waals surface area (Å²) in [5.41, 5.74) is 1.82. The molecule has 5 nitrogen and oxygen atoms in total. The predicted octanol–water partition coefficient (Wildman–Crippen LogP) is 1.76.